The van der Waals surface area contributed by atoms with Gasteiger partial charge in [0.05, 0.1) is 11.0 Å². The lowest BCUT2D eigenvalue weighted by Crippen LogP contribution is -2.38. The van der Waals surface area contributed by atoms with Crippen molar-refractivity contribution in [2.45, 2.75) is 46.2 Å². The Hall–Kier alpha value is -3.36. The summed E-state index contributed by atoms with van der Waals surface area (Å²) in [7, 11) is 0. The van der Waals surface area contributed by atoms with E-state index in [9.17, 15) is 10.1 Å². The van der Waals surface area contributed by atoms with Crippen LogP contribution in [-0.2, 0) is 6.54 Å². The van der Waals surface area contributed by atoms with Crippen LogP contribution in [0.2, 0.25) is 0 Å². The highest BCUT2D eigenvalue weighted by Crippen LogP contribution is 2.31. The zero-order chi connectivity index (χ0) is 20.7. The van der Waals surface area contributed by atoms with Gasteiger partial charge in [0.15, 0.2) is 11.6 Å². The van der Waals surface area contributed by atoms with Crippen LogP contribution in [0.3, 0.4) is 0 Å². The number of benzene rings is 1. The van der Waals surface area contributed by atoms with Gasteiger partial charge in [-0.15, -0.1) is 10.2 Å². The molecule has 0 fully saturated rings. The summed E-state index contributed by atoms with van der Waals surface area (Å²) in [4.78, 5) is 22.0. The van der Waals surface area contributed by atoms with Crippen molar-refractivity contribution in [3.05, 3.63) is 57.8 Å². The van der Waals surface area contributed by atoms with Crippen LogP contribution in [0.4, 0.5) is 11.5 Å². The van der Waals surface area contributed by atoms with Gasteiger partial charge in [-0.05, 0) is 26.0 Å². The standard InChI is InChI=1S/C20H23N7O2/c1-12(2)19-23-24-20-14(4)25(9-10-26(19)20)17-11-13(3)21-18(22-17)15-5-7-16(8-6-15)27(28)29/h5-8,11-12,14H,9-10H2,1-4H3. The number of nitrogens with zero attached hydrogens (tertiary/aromatic N) is 7. The van der Waals surface area contributed by atoms with Crippen molar-refractivity contribution in [1.82, 2.24) is 24.7 Å². The van der Waals surface area contributed by atoms with E-state index < -0.39 is 4.92 Å². The fourth-order valence-electron chi connectivity index (χ4n) is 3.71. The van der Waals surface area contributed by atoms with Gasteiger partial charge in [-0.25, -0.2) is 9.97 Å². The molecule has 0 N–H and O–H groups in total. The number of nitro benzene ring substituents is 1. The Labute approximate surface area is 168 Å². The molecule has 2 aromatic heterocycles. The normalized spacial score (nSPS) is 16.2. The van der Waals surface area contributed by atoms with Crippen LogP contribution in [0.15, 0.2) is 30.3 Å². The summed E-state index contributed by atoms with van der Waals surface area (Å²) in [6.07, 6.45) is 0. The molecule has 0 radical (unpaired) electrons. The van der Waals surface area contributed by atoms with Crippen molar-refractivity contribution in [2.24, 2.45) is 0 Å². The predicted molar refractivity (Wildman–Crippen MR) is 109 cm³/mol. The van der Waals surface area contributed by atoms with E-state index in [1.807, 2.05) is 13.0 Å². The second-order valence-corrected chi connectivity index (χ2v) is 7.59. The molecule has 9 nitrogen and oxygen atoms in total. The van der Waals surface area contributed by atoms with Gasteiger partial charge in [-0.3, -0.25) is 10.1 Å². The van der Waals surface area contributed by atoms with Crippen molar-refractivity contribution in [1.29, 1.82) is 0 Å². The van der Waals surface area contributed by atoms with Crippen LogP contribution in [-0.4, -0.2) is 36.2 Å². The quantitative estimate of drug-likeness (QED) is 0.492. The monoisotopic (exact) mass is 393 g/mol. The SMILES string of the molecule is Cc1cc(N2CCn3c(C(C)C)nnc3C2C)nc(-c2ccc([N+](=O)[O-])cc2)n1. The van der Waals surface area contributed by atoms with Crippen molar-refractivity contribution >= 4 is 11.5 Å². The molecule has 1 aliphatic heterocycles. The second-order valence-electron chi connectivity index (χ2n) is 7.59. The summed E-state index contributed by atoms with van der Waals surface area (Å²) < 4.78 is 2.21. The molecule has 3 aromatic rings. The summed E-state index contributed by atoms with van der Waals surface area (Å²) in [5.41, 5.74) is 1.63. The van der Waals surface area contributed by atoms with E-state index in [0.717, 1.165) is 41.8 Å². The Morgan fingerprint density at radius 3 is 2.52 bits per heavy atom. The second kappa shape index (κ2) is 7.23. The third kappa shape index (κ3) is 3.43. The zero-order valence-electron chi connectivity index (χ0n) is 16.9. The fourth-order valence-corrected chi connectivity index (χ4v) is 3.71. The molecular formula is C20H23N7O2. The molecule has 4 rings (SSSR count). The molecule has 0 bridgehead atoms. The van der Waals surface area contributed by atoms with Gasteiger partial charge in [0.2, 0.25) is 0 Å². The average molecular weight is 393 g/mol. The maximum absolute atomic E-state index is 10.9. The maximum atomic E-state index is 10.9. The Morgan fingerprint density at radius 2 is 1.86 bits per heavy atom. The van der Waals surface area contributed by atoms with E-state index in [4.69, 9.17) is 4.98 Å². The molecule has 0 saturated heterocycles. The Kier molecular flexibility index (Phi) is 4.73. The Balaban J connectivity index is 1.68. The number of anilines is 1. The first-order chi connectivity index (χ1) is 13.8. The van der Waals surface area contributed by atoms with Crippen LogP contribution in [0.1, 0.15) is 50.1 Å². The summed E-state index contributed by atoms with van der Waals surface area (Å²) in [6.45, 7) is 9.87. The van der Waals surface area contributed by atoms with Crippen molar-refractivity contribution in [2.75, 3.05) is 11.4 Å². The summed E-state index contributed by atoms with van der Waals surface area (Å²) >= 11 is 0. The van der Waals surface area contributed by atoms with E-state index in [0.29, 0.717) is 11.7 Å². The number of hydrogen-bond donors (Lipinski definition) is 0. The number of fused-ring (bicyclic) bond motifs is 1. The van der Waals surface area contributed by atoms with E-state index in [1.54, 1.807) is 12.1 Å². The van der Waals surface area contributed by atoms with Gasteiger partial charge in [-0.2, -0.15) is 0 Å². The third-order valence-corrected chi connectivity index (χ3v) is 5.20. The number of aromatic nitrogens is 5. The van der Waals surface area contributed by atoms with Crippen LogP contribution < -0.4 is 4.90 Å². The minimum absolute atomic E-state index is 0.0303. The number of hydrogen-bond acceptors (Lipinski definition) is 7. The molecule has 0 amide bonds. The molecule has 1 unspecified atom stereocenters. The Morgan fingerprint density at radius 1 is 1.14 bits per heavy atom. The highest BCUT2D eigenvalue weighted by molar-refractivity contribution is 5.60. The van der Waals surface area contributed by atoms with E-state index in [-0.39, 0.29) is 11.7 Å². The van der Waals surface area contributed by atoms with E-state index in [2.05, 4.69) is 45.4 Å². The highest BCUT2D eigenvalue weighted by Gasteiger charge is 2.30. The molecule has 0 spiro atoms. The van der Waals surface area contributed by atoms with Crippen molar-refractivity contribution in [3.63, 3.8) is 0 Å². The largest absolute Gasteiger partial charge is 0.345 e. The molecular weight excluding hydrogens is 370 g/mol. The number of non-ortho nitro benzene ring substituents is 1. The molecule has 9 heteroatoms. The molecule has 1 atom stereocenters. The molecule has 1 aromatic carbocycles. The van der Waals surface area contributed by atoms with Crippen LogP contribution in [0.5, 0.6) is 0 Å². The maximum Gasteiger partial charge on any atom is 0.269 e. The molecule has 29 heavy (non-hydrogen) atoms. The van der Waals surface area contributed by atoms with Crippen LogP contribution in [0.25, 0.3) is 11.4 Å². The van der Waals surface area contributed by atoms with Gasteiger partial charge in [0, 0.05) is 48.5 Å². The lowest BCUT2D eigenvalue weighted by Gasteiger charge is -2.35. The highest BCUT2D eigenvalue weighted by atomic mass is 16.6. The van der Waals surface area contributed by atoms with Crippen molar-refractivity contribution in [3.8, 4) is 11.4 Å². The first kappa shape index (κ1) is 19.0. The summed E-state index contributed by atoms with van der Waals surface area (Å²) in [5, 5.41) is 19.7. The number of aryl methyl sites for hydroxylation is 1. The van der Waals surface area contributed by atoms with E-state index in [1.165, 1.54) is 12.1 Å². The molecule has 150 valence electrons. The van der Waals surface area contributed by atoms with Crippen molar-refractivity contribution < 1.29 is 4.92 Å². The van der Waals surface area contributed by atoms with Gasteiger partial charge >= 0.3 is 0 Å². The van der Waals surface area contributed by atoms with Crippen LogP contribution in [0, 0.1) is 17.0 Å². The Bertz CT molecular complexity index is 1060. The van der Waals surface area contributed by atoms with Gasteiger partial charge < -0.3 is 9.47 Å². The number of nitro groups is 1. The fraction of sp³-hybridized carbons (Fsp3) is 0.400. The van der Waals surface area contributed by atoms with Crippen LogP contribution >= 0.6 is 0 Å². The van der Waals surface area contributed by atoms with Gasteiger partial charge in [0.1, 0.15) is 11.6 Å². The van der Waals surface area contributed by atoms with E-state index >= 15 is 0 Å². The smallest absolute Gasteiger partial charge is 0.269 e. The molecule has 0 saturated carbocycles. The lowest BCUT2D eigenvalue weighted by molar-refractivity contribution is -0.384. The third-order valence-electron chi connectivity index (χ3n) is 5.20. The zero-order valence-corrected chi connectivity index (χ0v) is 16.9. The molecule has 3 heterocycles. The molecule has 1 aliphatic rings. The first-order valence-electron chi connectivity index (χ1n) is 9.65. The summed E-state index contributed by atoms with van der Waals surface area (Å²) in [5.74, 6) is 3.64. The summed E-state index contributed by atoms with van der Waals surface area (Å²) in [6, 6.07) is 8.30. The lowest BCUT2D eigenvalue weighted by atomic mass is 10.1. The average Bonchev–Trinajstić information content (AvgIpc) is 3.13. The first-order valence-corrected chi connectivity index (χ1v) is 9.65. The number of rotatable bonds is 4. The molecule has 0 aliphatic carbocycles. The minimum Gasteiger partial charge on any atom is -0.345 e. The minimum atomic E-state index is -0.413. The van der Waals surface area contributed by atoms with Gasteiger partial charge in [-0.1, -0.05) is 13.8 Å². The van der Waals surface area contributed by atoms with Gasteiger partial charge in [0.25, 0.3) is 5.69 Å². The predicted octanol–water partition coefficient (Wildman–Crippen LogP) is 3.66. The topological polar surface area (TPSA) is 103 Å².